The molecular weight excluding hydrogens is 356 g/mol. The van der Waals surface area contributed by atoms with Gasteiger partial charge in [-0.15, -0.1) is 0 Å². The maximum atomic E-state index is 11.8. The molecule has 6 heteroatoms. The Balaban J connectivity index is 1.94. The van der Waals surface area contributed by atoms with Gasteiger partial charge in [0.15, 0.2) is 0 Å². The van der Waals surface area contributed by atoms with Crippen LogP contribution in [-0.2, 0) is 6.42 Å². The first-order valence-electron chi connectivity index (χ1n) is 8.90. The van der Waals surface area contributed by atoms with Gasteiger partial charge in [-0.1, -0.05) is 42.5 Å². The third kappa shape index (κ3) is 3.04. The Hall–Kier alpha value is -3.51. The van der Waals surface area contributed by atoms with Gasteiger partial charge in [-0.2, -0.15) is 0 Å². The van der Waals surface area contributed by atoms with E-state index >= 15 is 0 Å². The Morgan fingerprint density at radius 3 is 2.46 bits per heavy atom. The summed E-state index contributed by atoms with van der Waals surface area (Å²) in [5, 5.41) is 22.0. The van der Waals surface area contributed by atoms with Crippen LogP contribution in [0.2, 0.25) is 0 Å². The van der Waals surface area contributed by atoms with E-state index < -0.39 is 22.9 Å². The molecule has 0 radical (unpaired) electrons. The molecule has 6 nitrogen and oxygen atoms in total. The maximum Gasteiger partial charge on any atom is 0.269 e. The Labute approximate surface area is 161 Å². The normalized spacial score (nSPS) is 17.9. The molecule has 1 aliphatic carbocycles. The molecule has 140 valence electrons. The highest BCUT2D eigenvalue weighted by molar-refractivity contribution is 5.94. The number of hydrogen-bond donors (Lipinski definition) is 2. The van der Waals surface area contributed by atoms with E-state index in [0.717, 1.165) is 22.3 Å². The number of carbonyl (C=O) groups excluding carboxylic acids is 1. The molecule has 1 aliphatic rings. The van der Waals surface area contributed by atoms with Gasteiger partial charge in [-0.05, 0) is 46.4 Å². The zero-order valence-corrected chi connectivity index (χ0v) is 14.9. The number of benzene rings is 3. The number of non-ortho nitro benzene ring substituents is 1. The molecule has 0 bridgehead atoms. The lowest BCUT2D eigenvalue weighted by atomic mass is 9.84. The van der Waals surface area contributed by atoms with Crippen molar-refractivity contribution < 1.29 is 14.8 Å². The van der Waals surface area contributed by atoms with Crippen molar-refractivity contribution >= 4 is 11.6 Å². The minimum absolute atomic E-state index is 0.0230. The molecule has 3 aromatic rings. The summed E-state index contributed by atoms with van der Waals surface area (Å²) in [5.74, 6) is -1.04. The first-order valence-corrected chi connectivity index (χ1v) is 8.90. The van der Waals surface area contributed by atoms with Crippen molar-refractivity contribution in [2.24, 2.45) is 5.73 Å². The molecule has 0 heterocycles. The number of primary amides is 1. The smallest absolute Gasteiger partial charge is 0.269 e. The summed E-state index contributed by atoms with van der Waals surface area (Å²) in [4.78, 5) is 22.6. The second-order valence-corrected chi connectivity index (χ2v) is 6.92. The van der Waals surface area contributed by atoms with E-state index in [1.54, 1.807) is 18.2 Å². The lowest BCUT2D eigenvalue weighted by molar-refractivity contribution is -0.384. The molecule has 0 aliphatic heterocycles. The molecule has 0 saturated carbocycles. The van der Waals surface area contributed by atoms with Gasteiger partial charge in [0.1, 0.15) is 0 Å². The molecule has 0 saturated heterocycles. The van der Waals surface area contributed by atoms with Crippen molar-refractivity contribution in [3.8, 4) is 11.1 Å². The monoisotopic (exact) mass is 374 g/mol. The van der Waals surface area contributed by atoms with Gasteiger partial charge in [-0.25, -0.2) is 0 Å². The molecular formula is C22H18N2O4. The van der Waals surface area contributed by atoms with Gasteiger partial charge in [0.2, 0.25) is 5.91 Å². The highest BCUT2D eigenvalue weighted by Crippen LogP contribution is 2.43. The van der Waals surface area contributed by atoms with E-state index in [2.05, 4.69) is 0 Å². The van der Waals surface area contributed by atoms with Crippen LogP contribution in [0.1, 0.15) is 33.0 Å². The summed E-state index contributed by atoms with van der Waals surface area (Å²) in [6, 6.07) is 19.4. The molecule has 0 fully saturated rings. The maximum absolute atomic E-state index is 11.8. The van der Waals surface area contributed by atoms with Crippen LogP contribution in [0.5, 0.6) is 0 Å². The highest BCUT2D eigenvalue weighted by Gasteiger charge is 2.35. The van der Waals surface area contributed by atoms with Gasteiger partial charge in [-0.3, -0.25) is 14.9 Å². The summed E-state index contributed by atoms with van der Waals surface area (Å²) in [7, 11) is 0. The van der Waals surface area contributed by atoms with Gasteiger partial charge in [0.05, 0.1) is 11.0 Å². The third-order valence-corrected chi connectivity index (χ3v) is 5.25. The standard InChI is InChI=1S/C22H18N2O4/c23-22(26)15-7-9-17(13-4-2-1-3-5-13)19(10-15)21-18-12-16(24(27)28)8-6-14(18)11-20(21)25/h1-10,12,20-21,25H,11H2,(H2,23,26)/t20-,21-/m1/s1. The van der Waals surface area contributed by atoms with Crippen LogP contribution in [0.25, 0.3) is 11.1 Å². The Morgan fingerprint density at radius 2 is 1.79 bits per heavy atom. The fraction of sp³-hybridized carbons (Fsp3) is 0.136. The van der Waals surface area contributed by atoms with Crippen LogP contribution in [0.15, 0.2) is 66.7 Å². The molecule has 28 heavy (non-hydrogen) atoms. The first-order chi connectivity index (χ1) is 13.5. The van der Waals surface area contributed by atoms with E-state index in [1.165, 1.54) is 12.1 Å². The fourth-order valence-corrected chi connectivity index (χ4v) is 3.95. The zero-order valence-electron chi connectivity index (χ0n) is 14.9. The minimum Gasteiger partial charge on any atom is -0.392 e. The molecule has 0 unspecified atom stereocenters. The van der Waals surface area contributed by atoms with Gasteiger partial charge >= 0.3 is 0 Å². The number of aliphatic hydroxyl groups excluding tert-OH is 1. The number of nitro groups is 1. The average Bonchev–Trinajstić information content (AvgIpc) is 3.02. The lowest BCUT2D eigenvalue weighted by Crippen LogP contribution is -2.17. The van der Waals surface area contributed by atoms with Crippen LogP contribution in [0.3, 0.4) is 0 Å². The van der Waals surface area contributed by atoms with Crippen molar-refractivity contribution in [2.45, 2.75) is 18.4 Å². The lowest BCUT2D eigenvalue weighted by Gasteiger charge is -2.21. The van der Waals surface area contributed by atoms with Gasteiger partial charge < -0.3 is 10.8 Å². The summed E-state index contributed by atoms with van der Waals surface area (Å²) < 4.78 is 0. The molecule has 0 aromatic heterocycles. The molecule has 3 aromatic carbocycles. The second kappa shape index (κ2) is 6.90. The number of aliphatic hydroxyl groups is 1. The summed E-state index contributed by atoms with van der Waals surface area (Å²) in [6.45, 7) is 0. The quantitative estimate of drug-likeness (QED) is 0.539. The van der Waals surface area contributed by atoms with Crippen molar-refractivity contribution in [3.63, 3.8) is 0 Å². The van der Waals surface area contributed by atoms with Crippen LogP contribution < -0.4 is 5.73 Å². The summed E-state index contributed by atoms with van der Waals surface area (Å²) in [6.07, 6.45) is -0.352. The van der Waals surface area contributed by atoms with E-state index in [4.69, 9.17) is 5.73 Å². The molecule has 2 atom stereocenters. The summed E-state index contributed by atoms with van der Waals surface area (Å²) in [5.41, 5.74) is 9.88. The minimum atomic E-state index is -0.748. The molecule has 3 N–H and O–H groups in total. The van der Waals surface area contributed by atoms with Crippen LogP contribution in [0, 0.1) is 10.1 Å². The second-order valence-electron chi connectivity index (χ2n) is 6.92. The van der Waals surface area contributed by atoms with E-state index in [1.807, 2.05) is 36.4 Å². The molecule has 0 spiro atoms. The third-order valence-electron chi connectivity index (χ3n) is 5.25. The van der Waals surface area contributed by atoms with Crippen molar-refractivity contribution in [1.29, 1.82) is 0 Å². The number of nitrogens with zero attached hydrogens (tertiary/aromatic N) is 1. The number of fused-ring (bicyclic) bond motifs is 1. The number of amides is 1. The number of hydrogen-bond acceptors (Lipinski definition) is 4. The fourth-order valence-electron chi connectivity index (χ4n) is 3.95. The largest absolute Gasteiger partial charge is 0.392 e. The SMILES string of the molecule is NC(=O)c1ccc(-c2ccccc2)c([C@H]2c3cc([N+](=O)[O-])ccc3C[C@H]2O)c1. The topological polar surface area (TPSA) is 106 Å². The van der Waals surface area contributed by atoms with Crippen molar-refractivity contribution in [3.05, 3.63) is 99.1 Å². The van der Waals surface area contributed by atoms with Crippen LogP contribution in [0.4, 0.5) is 5.69 Å². The van der Waals surface area contributed by atoms with E-state index in [0.29, 0.717) is 17.5 Å². The van der Waals surface area contributed by atoms with Crippen LogP contribution >= 0.6 is 0 Å². The average molecular weight is 374 g/mol. The van der Waals surface area contributed by atoms with Crippen molar-refractivity contribution in [2.75, 3.05) is 0 Å². The van der Waals surface area contributed by atoms with Gasteiger partial charge in [0.25, 0.3) is 5.69 Å². The van der Waals surface area contributed by atoms with E-state index in [-0.39, 0.29) is 5.69 Å². The highest BCUT2D eigenvalue weighted by atomic mass is 16.6. The van der Waals surface area contributed by atoms with Crippen LogP contribution in [-0.4, -0.2) is 22.0 Å². The Morgan fingerprint density at radius 1 is 1.04 bits per heavy atom. The number of nitrogens with two attached hydrogens (primary N) is 1. The Bertz CT molecular complexity index is 1080. The predicted octanol–water partition coefficient (Wildman–Crippen LogP) is 3.41. The Kier molecular flexibility index (Phi) is 4.41. The first kappa shape index (κ1) is 17.9. The van der Waals surface area contributed by atoms with Gasteiger partial charge in [0, 0.05) is 23.6 Å². The number of rotatable bonds is 4. The van der Waals surface area contributed by atoms with Crippen molar-refractivity contribution in [1.82, 2.24) is 0 Å². The molecule has 4 rings (SSSR count). The van der Waals surface area contributed by atoms with E-state index in [9.17, 15) is 20.0 Å². The predicted molar refractivity (Wildman–Crippen MR) is 105 cm³/mol. The zero-order chi connectivity index (χ0) is 19.8. The molecule has 1 amide bonds. The summed E-state index contributed by atoms with van der Waals surface area (Å²) >= 11 is 0. The number of nitro benzene ring substituents is 1. The number of carbonyl (C=O) groups is 1.